The van der Waals surface area contributed by atoms with Crippen molar-refractivity contribution < 1.29 is 9.84 Å². The Hall–Kier alpha value is -1.92. The lowest BCUT2D eigenvalue weighted by atomic mass is 10.00. The van der Waals surface area contributed by atoms with E-state index < -0.39 is 0 Å². The molecule has 2 heterocycles. The van der Waals surface area contributed by atoms with Gasteiger partial charge in [-0.05, 0) is 38.4 Å². The van der Waals surface area contributed by atoms with Gasteiger partial charge in [-0.1, -0.05) is 18.2 Å². The zero-order valence-electron chi connectivity index (χ0n) is 14.2. The topological polar surface area (TPSA) is 72.2 Å². The van der Waals surface area contributed by atoms with Crippen LogP contribution in [0.3, 0.4) is 0 Å². The predicted octanol–water partition coefficient (Wildman–Crippen LogP) is 1.73. The molecule has 6 heteroatoms. The molecule has 0 bridgehead atoms. The fourth-order valence-corrected chi connectivity index (χ4v) is 3.34. The minimum Gasteiger partial charge on any atom is -0.496 e. The number of rotatable bonds is 6. The quantitative estimate of drug-likeness (QED) is 0.844. The maximum Gasteiger partial charge on any atom is 0.155 e. The first kappa shape index (κ1) is 16.9. The number of hydrogen-bond acceptors (Lipinski definition) is 5. The first-order valence-corrected chi connectivity index (χ1v) is 8.69. The molecule has 130 valence electrons. The second-order valence-electron chi connectivity index (χ2n) is 6.20. The van der Waals surface area contributed by atoms with Gasteiger partial charge in [-0.2, -0.15) is 5.10 Å². The number of para-hydroxylation sites is 1. The van der Waals surface area contributed by atoms with Gasteiger partial charge < -0.3 is 15.2 Å². The first-order chi connectivity index (χ1) is 11.8. The molecule has 6 nitrogen and oxygen atoms in total. The summed E-state index contributed by atoms with van der Waals surface area (Å²) in [5.74, 6) is 3.07. The number of benzene rings is 1. The van der Waals surface area contributed by atoms with E-state index in [0.717, 1.165) is 55.3 Å². The number of aliphatic hydroxyl groups excluding tert-OH is 1. The Balaban J connectivity index is 1.84. The van der Waals surface area contributed by atoms with Gasteiger partial charge in [0.25, 0.3) is 0 Å². The molecule has 0 unspecified atom stereocenters. The second kappa shape index (κ2) is 8.26. The average Bonchev–Trinajstić information content (AvgIpc) is 2.82. The maximum atomic E-state index is 9.36. The van der Waals surface area contributed by atoms with Crippen LogP contribution in [0.5, 0.6) is 5.75 Å². The number of nitrogens with zero attached hydrogens (tertiary/aromatic N) is 3. The molecule has 0 amide bonds. The zero-order valence-corrected chi connectivity index (χ0v) is 14.2. The number of aliphatic hydroxyl groups is 1. The molecule has 0 radical (unpaired) electrons. The summed E-state index contributed by atoms with van der Waals surface area (Å²) in [6.45, 7) is 2.66. The third-order valence-corrected chi connectivity index (χ3v) is 4.54. The van der Waals surface area contributed by atoms with Gasteiger partial charge >= 0.3 is 0 Å². The molecular formula is C18H26N4O2. The van der Waals surface area contributed by atoms with Crippen molar-refractivity contribution in [1.82, 2.24) is 20.1 Å². The molecule has 1 atom stereocenters. The number of methoxy groups -OCH3 is 1. The predicted molar refractivity (Wildman–Crippen MR) is 92.4 cm³/mol. The van der Waals surface area contributed by atoms with Crippen molar-refractivity contribution in [3.8, 4) is 5.75 Å². The highest BCUT2D eigenvalue weighted by atomic mass is 16.5. The molecule has 0 saturated carbocycles. The van der Waals surface area contributed by atoms with E-state index >= 15 is 0 Å². The molecule has 0 aliphatic carbocycles. The van der Waals surface area contributed by atoms with Gasteiger partial charge in [0.05, 0.1) is 20.3 Å². The Morgan fingerprint density at radius 2 is 2.17 bits per heavy atom. The Bertz CT molecular complexity index is 648. The molecule has 2 N–H and O–H groups in total. The summed E-state index contributed by atoms with van der Waals surface area (Å²) in [6, 6.07) is 7.96. The van der Waals surface area contributed by atoms with Crippen LogP contribution in [0.25, 0.3) is 0 Å². The number of ether oxygens (including phenoxy) is 1. The molecular weight excluding hydrogens is 304 g/mol. The number of nitrogens with one attached hydrogen (secondary N) is 1. The monoisotopic (exact) mass is 330 g/mol. The van der Waals surface area contributed by atoms with Gasteiger partial charge in [-0.15, -0.1) is 0 Å². The van der Waals surface area contributed by atoms with Gasteiger partial charge in [-0.25, -0.2) is 9.67 Å². The van der Waals surface area contributed by atoms with E-state index in [-0.39, 0.29) is 6.61 Å². The van der Waals surface area contributed by atoms with Crippen LogP contribution in [-0.2, 0) is 13.0 Å². The van der Waals surface area contributed by atoms with Crippen LogP contribution in [0.15, 0.2) is 24.3 Å². The minimum absolute atomic E-state index is 0.0788. The van der Waals surface area contributed by atoms with Crippen LogP contribution < -0.4 is 10.1 Å². The fourth-order valence-electron chi connectivity index (χ4n) is 3.34. The van der Waals surface area contributed by atoms with Crippen molar-refractivity contribution in [2.75, 3.05) is 26.8 Å². The van der Waals surface area contributed by atoms with E-state index in [1.807, 2.05) is 28.9 Å². The minimum atomic E-state index is 0.0788. The van der Waals surface area contributed by atoms with Gasteiger partial charge in [0.15, 0.2) is 5.82 Å². The Kier molecular flexibility index (Phi) is 5.82. The van der Waals surface area contributed by atoms with Crippen molar-refractivity contribution in [3.63, 3.8) is 0 Å². The van der Waals surface area contributed by atoms with E-state index in [0.29, 0.717) is 18.9 Å². The van der Waals surface area contributed by atoms with Crippen LogP contribution in [0.2, 0.25) is 0 Å². The first-order valence-electron chi connectivity index (χ1n) is 8.69. The molecule has 1 aromatic heterocycles. The Morgan fingerprint density at radius 3 is 3.00 bits per heavy atom. The lowest BCUT2D eigenvalue weighted by Crippen LogP contribution is -2.16. The SMILES string of the molecule is COc1ccccc1Cc1nc([C@H]2CCCNCC2)n(CCO)n1. The van der Waals surface area contributed by atoms with Gasteiger partial charge in [0.1, 0.15) is 11.6 Å². The fraction of sp³-hybridized carbons (Fsp3) is 0.556. The molecule has 1 aliphatic rings. The van der Waals surface area contributed by atoms with Gasteiger partial charge in [0.2, 0.25) is 0 Å². The normalized spacial score (nSPS) is 18.3. The van der Waals surface area contributed by atoms with E-state index in [2.05, 4.69) is 10.4 Å². The van der Waals surface area contributed by atoms with Crippen LogP contribution in [0, 0.1) is 0 Å². The summed E-state index contributed by atoms with van der Waals surface area (Å²) >= 11 is 0. The van der Waals surface area contributed by atoms with E-state index in [1.165, 1.54) is 0 Å². The summed E-state index contributed by atoms with van der Waals surface area (Å²) in [4.78, 5) is 4.82. The van der Waals surface area contributed by atoms with Crippen molar-refractivity contribution in [2.45, 2.75) is 38.1 Å². The highest BCUT2D eigenvalue weighted by Gasteiger charge is 2.21. The number of hydrogen-bond donors (Lipinski definition) is 2. The van der Waals surface area contributed by atoms with E-state index in [4.69, 9.17) is 9.72 Å². The van der Waals surface area contributed by atoms with Crippen LogP contribution >= 0.6 is 0 Å². The summed E-state index contributed by atoms with van der Waals surface area (Å²) in [5.41, 5.74) is 1.08. The van der Waals surface area contributed by atoms with Crippen molar-refractivity contribution in [1.29, 1.82) is 0 Å². The standard InChI is InChI=1S/C18H26N4O2/c1-24-16-7-3-2-5-15(16)13-17-20-18(22(21-17)11-12-23)14-6-4-9-19-10-8-14/h2-3,5,7,14,19,23H,4,6,8-13H2,1H3/t14-/m0/s1. The second-order valence-corrected chi connectivity index (χ2v) is 6.20. The summed E-state index contributed by atoms with van der Waals surface area (Å²) in [6.07, 6.45) is 3.97. The third kappa shape index (κ3) is 3.94. The van der Waals surface area contributed by atoms with Gasteiger partial charge in [0, 0.05) is 17.9 Å². The van der Waals surface area contributed by atoms with Crippen molar-refractivity contribution in [3.05, 3.63) is 41.5 Å². The molecule has 3 rings (SSSR count). The smallest absolute Gasteiger partial charge is 0.155 e. The maximum absolute atomic E-state index is 9.36. The molecule has 24 heavy (non-hydrogen) atoms. The molecule has 2 aromatic rings. The molecule has 1 aromatic carbocycles. The van der Waals surface area contributed by atoms with Crippen molar-refractivity contribution in [2.24, 2.45) is 0 Å². The summed E-state index contributed by atoms with van der Waals surface area (Å²) < 4.78 is 7.31. The van der Waals surface area contributed by atoms with Crippen LogP contribution in [0.1, 0.15) is 42.4 Å². The van der Waals surface area contributed by atoms with Crippen LogP contribution in [0.4, 0.5) is 0 Å². The average molecular weight is 330 g/mol. The van der Waals surface area contributed by atoms with Gasteiger partial charge in [-0.3, -0.25) is 0 Å². The summed E-state index contributed by atoms with van der Waals surface area (Å²) in [5, 5.41) is 17.4. The lowest BCUT2D eigenvalue weighted by Gasteiger charge is -2.13. The Labute approximate surface area is 142 Å². The van der Waals surface area contributed by atoms with E-state index in [1.54, 1.807) is 7.11 Å². The largest absolute Gasteiger partial charge is 0.496 e. The molecule has 0 spiro atoms. The highest BCUT2D eigenvalue weighted by Crippen LogP contribution is 2.26. The molecule has 1 saturated heterocycles. The molecule has 1 fully saturated rings. The number of aromatic nitrogens is 3. The van der Waals surface area contributed by atoms with Crippen LogP contribution in [-0.4, -0.2) is 46.7 Å². The Morgan fingerprint density at radius 1 is 1.29 bits per heavy atom. The highest BCUT2D eigenvalue weighted by molar-refractivity contribution is 5.35. The summed E-state index contributed by atoms with van der Waals surface area (Å²) in [7, 11) is 1.68. The zero-order chi connectivity index (χ0) is 16.8. The molecule has 1 aliphatic heterocycles. The lowest BCUT2D eigenvalue weighted by molar-refractivity contribution is 0.264. The van der Waals surface area contributed by atoms with E-state index in [9.17, 15) is 5.11 Å². The van der Waals surface area contributed by atoms with Crippen molar-refractivity contribution >= 4 is 0 Å². The third-order valence-electron chi connectivity index (χ3n) is 4.54.